The van der Waals surface area contributed by atoms with Crippen molar-refractivity contribution in [1.29, 1.82) is 0 Å². The Morgan fingerprint density at radius 1 is 1.04 bits per heavy atom. The van der Waals surface area contributed by atoms with Crippen molar-refractivity contribution in [1.82, 2.24) is 20.2 Å². The van der Waals surface area contributed by atoms with Crippen LogP contribution in [0.15, 0.2) is 29.3 Å². The van der Waals surface area contributed by atoms with Gasteiger partial charge in [-0.1, -0.05) is 49.9 Å². The number of unbranched alkanes of at least 4 members (excludes halogenated alkanes) is 4. The first-order valence-corrected chi connectivity index (χ1v) is 16.4. The number of rotatable bonds is 23. The smallest absolute Gasteiger partial charge is 0.280 e. The van der Waals surface area contributed by atoms with Crippen LogP contribution in [0, 0.1) is 11.8 Å². The quantitative estimate of drug-likeness (QED) is 0.0371. The highest BCUT2D eigenvalue weighted by atomic mass is 35.5. The summed E-state index contributed by atoms with van der Waals surface area (Å²) in [7, 11) is 0. The third-order valence-electron chi connectivity index (χ3n) is 7.71. The number of aliphatic hydroxyl groups excluding tert-OH is 3. The van der Waals surface area contributed by atoms with E-state index in [1.165, 1.54) is 0 Å². The van der Waals surface area contributed by atoms with Crippen LogP contribution in [-0.2, 0) is 16.0 Å². The largest absolute Gasteiger partial charge is 0.492 e. The average Bonchev–Trinajstić information content (AvgIpc) is 3.06. The minimum absolute atomic E-state index is 0.0842. The number of amides is 1. The SMILES string of the molecule is CCCCCCN(CCOc1ccc(CCCCN=C(N)NC(=O)c2nc(Cl)c(N)nc2N)cc1)C[C@H](O)[C@@H](C=O)[C@H](O)[C@@H](C=O)CO. The second-order valence-electron chi connectivity index (χ2n) is 11.4. The van der Waals surface area contributed by atoms with E-state index < -0.39 is 36.6 Å². The van der Waals surface area contributed by atoms with Gasteiger partial charge < -0.3 is 46.8 Å². The monoisotopic (exact) mass is 692 g/mol. The molecule has 4 atom stereocenters. The van der Waals surface area contributed by atoms with Crippen molar-refractivity contribution < 1.29 is 34.4 Å². The van der Waals surface area contributed by atoms with Crippen LogP contribution >= 0.6 is 11.6 Å². The molecule has 2 rings (SSSR count). The van der Waals surface area contributed by atoms with E-state index in [-0.39, 0.29) is 35.0 Å². The minimum Gasteiger partial charge on any atom is -0.492 e. The van der Waals surface area contributed by atoms with E-state index in [1.54, 1.807) is 0 Å². The average molecular weight is 693 g/mol. The number of nitrogens with two attached hydrogens (primary N) is 3. The van der Waals surface area contributed by atoms with Gasteiger partial charge in [-0.3, -0.25) is 20.0 Å². The highest BCUT2D eigenvalue weighted by Crippen LogP contribution is 2.18. The van der Waals surface area contributed by atoms with Crippen LogP contribution in [0.3, 0.4) is 0 Å². The third kappa shape index (κ3) is 13.7. The van der Waals surface area contributed by atoms with E-state index in [9.17, 15) is 29.7 Å². The number of nitrogens with zero attached hydrogens (tertiary/aromatic N) is 4. The van der Waals surface area contributed by atoms with Crippen LogP contribution < -0.4 is 27.3 Å². The van der Waals surface area contributed by atoms with Crippen molar-refractivity contribution >= 4 is 47.7 Å². The first kappa shape index (κ1) is 40.3. The fourth-order valence-electron chi connectivity index (χ4n) is 4.87. The number of guanidine groups is 1. The molecule has 2 aromatic rings. The van der Waals surface area contributed by atoms with Crippen LogP contribution in [0.4, 0.5) is 11.6 Å². The number of hydrogen-bond acceptors (Lipinski definition) is 13. The molecule has 0 spiro atoms. The Morgan fingerprint density at radius 2 is 1.77 bits per heavy atom. The first-order chi connectivity index (χ1) is 23.0. The Balaban J connectivity index is 1.80. The van der Waals surface area contributed by atoms with Gasteiger partial charge in [0.2, 0.25) is 0 Å². The second kappa shape index (κ2) is 21.9. The van der Waals surface area contributed by atoms with Crippen molar-refractivity contribution in [3.63, 3.8) is 0 Å². The number of nitrogens with one attached hydrogen (secondary N) is 1. The summed E-state index contributed by atoms with van der Waals surface area (Å²) in [6.45, 7) is 3.48. The zero-order valence-electron chi connectivity index (χ0n) is 27.3. The highest BCUT2D eigenvalue weighted by Gasteiger charge is 2.33. The molecule has 0 bridgehead atoms. The van der Waals surface area contributed by atoms with Gasteiger partial charge in [0.15, 0.2) is 28.4 Å². The highest BCUT2D eigenvalue weighted by molar-refractivity contribution is 6.31. The van der Waals surface area contributed by atoms with Gasteiger partial charge in [0.05, 0.1) is 30.7 Å². The number of aliphatic imine (C=N–C) groups is 1. The van der Waals surface area contributed by atoms with Gasteiger partial charge >= 0.3 is 0 Å². The number of aldehydes is 2. The maximum atomic E-state index is 12.3. The molecule has 1 amide bonds. The molecule has 0 unspecified atom stereocenters. The minimum atomic E-state index is -1.48. The number of carbonyl (C=O) groups is 3. The van der Waals surface area contributed by atoms with Crippen LogP contribution in [0.5, 0.6) is 5.75 Å². The van der Waals surface area contributed by atoms with Crippen molar-refractivity contribution in [2.75, 3.05) is 50.9 Å². The zero-order valence-corrected chi connectivity index (χ0v) is 28.1. The number of halogens is 1. The second-order valence-corrected chi connectivity index (χ2v) is 11.8. The predicted octanol–water partition coefficient (Wildman–Crippen LogP) is 0.967. The fraction of sp³-hybridized carbons (Fsp3) is 0.562. The Bertz CT molecular complexity index is 1320. The van der Waals surface area contributed by atoms with Gasteiger partial charge in [0.25, 0.3) is 5.91 Å². The summed E-state index contributed by atoms with van der Waals surface area (Å²) in [4.78, 5) is 48.9. The molecule has 0 saturated heterocycles. The summed E-state index contributed by atoms with van der Waals surface area (Å²) in [5, 5.41) is 32.7. The molecule has 0 radical (unpaired) electrons. The summed E-state index contributed by atoms with van der Waals surface area (Å²) in [5.41, 5.74) is 17.9. The van der Waals surface area contributed by atoms with Crippen LogP contribution in [-0.4, -0.2) is 106 Å². The Hall–Kier alpha value is -3.89. The molecular weight excluding hydrogens is 644 g/mol. The van der Waals surface area contributed by atoms with Gasteiger partial charge in [-0.15, -0.1) is 0 Å². The first-order valence-electron chi connectivity index (χ1n) is 16.1. The number of aromatic nitrogens is 2. The summed E-state index contributed by atoms with van der Waals surface area (Å²) >= 11 is 5.81. The lowest BCUT2D eigenvalue weighted by Gasteiger charge is -2.30. The molecule has 48 heavy (non-hydrogen) atoms. The van der Waals surface area contributed by atoms with Crippen molar-refractivity contribution in [3.8, 4) is 5.75 Å². The standard InChI is InChI=1S/C32H49ClN8O7/c1-2-3-4-7-14-41(17-25(45)24(20-44)27(46)22(18-42)19-43)15-16-48-23-11-9-21(10-12-23)8-5-6-13-37-32(36)40-31(47)26-29(34)39-30(35)28(33)38-26/h9-12,18,20,22,24-25,27,43,45-46H,2-8,13-17,19H2,1H3,(H4,34,35,39)(H3,36,37,40,47)/t22-,24+,25-,27+/m0/s1. The molecule has 16 heteroatoms. The van der Waals surface area contributed by atoms with E-state index in [0.29, 0.717) is 44.6 Å². The number of nitrogen functional groups attached to an aromatic ring is 2. The van der Waals surface area contributed by atoms with Crippen molar-refractivity contribution in [2.45, 2.75) is 64.1 Å². The van der Waals surface area contributed by atoms with E-state index in [4.69, 9.17) is 33.5 Å². The number of hydrogen-bond donors (Lipinski definition) is 7. The number of aliphatic hydroxyl groups is 3. The summed E-state index contributed by atoms with van der Waals surface area (Å²) in [6.07, 6.45) is 4.55. The normalized spacial score (nSPS) is 14.2. The lowest BCUT2D eigenvalue weighted by Crippen LogP contribution is -2.46. The molecule has 1 aromatic carbocycles. The van der Waals surface area contributed by atoms with Crippen molar-refractivity contribution in [3.05, 3.63) is 40.7 Å². The topological polar surface area (TPSA) is 253 Å². The molecule has 0 saturated carbocycles. The fourth-order valence-corrected chi connectivity index (χ4v) is 4.99. The predicted molar refractivity (Wildman–Crippen MR) is 183 cm³/mol. The summed E-state index contributed by atoms with van der Waals surface area (Å²) < 4.78 is 5.94. The van der Waals surface area contributed by atoms with Crippen molar-refractivity contribution in [2.24, 2.45) is 22.6 Å². The van der Waals surface area contributed by atoms with E-state index in [0.717, 1.165) is 50.5 Å². The van der Waals surface area contributed by atoms with Crippen LogP contribution in [0.2, 0.25) is 5.15 Å². The number of anilines is 2. The van der Waals surface area contributed by atoms with E-state index >= 15 is 0 Å². The van der Waals surface area contributed by atoms with Crippen LogP contribution in [0.25, 0.3) is 0 Å². The molecule has 266 valence electrons. The van der Waals surface area contributed by atoms with E-state index in [2.05, 4.69) is 27.2 Å². The zero-order chi connectivity index (χ0) is 35.5. The molecule has 10 N–H and O–H groups in total. The van der Waals surface area contributed by atoms with Gasteiger partial charge in [-0.05, 0) is 49.9 Å². The third-order valence-corrected chi connectivity index (χ3v) is 7.99. The molecule has 0 aliphatic carbocycles. The maximum absolute atomic E-state index is 12.3. The summed E-state index contributed by atoms with van der Waals surface area (Å²) in [6, 6.07) is 7.71. The lowest BCUT2D eigenvalue weighted by atomic mass is 9.88. The Kier molecular flexibility index (Phi) is 18.4. The van der Waals surface area contributed by atoms with Crippen LogP contribution in [0.1, 0.15) is 61.5 Å². The lowest BCUT2D eigenvalue weighted by molar-refractivity contribution is -0.127. The molecule has 1 aromatic heterocycles. The summed E-state index contributed by atoms with van der Waals surface area (Å²) in [5.74, 6) is -2.71. The molecule has 15 nitrogen and oxygen atoms in total. The van der Waals surface area contributed by atoms with Gasteiger partial charge in [0, 0.05) is 19.6 Å². The van der Waals surface area contributed by atoms with Gasteiger partial charge in [-0.25, -0.2) is 9.97 Å². The maximum Gasteiger partial charge on any atom is 0.280 e. The Morgan fingerprint density at radius 3 is 2.42 bits per heavy atom. The molecular formula is C32H49ClN8O7. The molecule has 0 aliphatic rings. The van der Waals surface area contributed by atoms with E-state index in [1.807, 2.05) is 29.2 Å². The molecule has 0 aliphatic heterocycles. The number of ether oxygens (including phenoxy) is 1. The van der Waals surface area contributed by atoms with Gasteiger partial charge in [0.1, 0.15) is 24.9 Å². The number of benzene rings is 1. The van der Waals surface area contributed by atoms with Gasteiger partial charge in [-0.2, -0.15) is 0 Å². The number of carbonyl (C=O) groups excluding carboxylic acids is 3. The Labute approximate surface area is 285 Å². The molecule has 1 heterocycles. The number of aryl methyl sites for hydroxylation is 1. The molecule has 0 fully saturated rings.